The zero-order valence-corrected chi connectivity index (χ0v) is 16.6. The molecule has 0 aliphatic carbocycles. The summed E-state index contributed by atoms with van der Waals surface area (Å²) in [5, 5.41) is 3.61. The number of aryl methyl sites for hydroxylation is 1. The van der Waals surface area contributed by atoms with Crippen LogP contribution in [0.1, 0.15) is 44.5 Å². The van der Waals surface area contributed by atoms with E-state index in [0.29, 0.717) is 22.6 Å². The highest BCUT2D eigenvalue weighted by Gasteiger charge is 2.18. The number of hydrogen-bond donors (Lipinski definition) is 1. The Morgan fingerprint density at radius 1 is 1.21 bits per heavy atom. The summed E-state index contributed by atoms with van der Waals surface area (Å²) < 4.78 is 42.2. The molecule has 1 atom stereocenters. The lowest BCUT2D eigenvalue weighted by molar-refractivity contribution is -0.0499. The van der Waals surface area contributed by atoms with E-state index in [4.69, 9.17) is 0 Å². The highest BCUT2D eigenvalue weighted by Crippen LogP contribution is 2.24. The van der Waals surface area contributed by atoms with Gasteiger partial charge in [0.15, 0.2) is 0 Å². The molecule has 0 saturated carbocycles. The van der Waals surface area contributed by atoms with Crippen molar-refractivity contribution in [3.63, 3.8) is 0 Å². The third-order valence-corrected chi connectivity index (χ3v) is 5.40. The maximum absolute atomic E-state index is 13.0. The summed E-state index contributed by atoms with van der Waals surface area (Å²) >= 11 is 1.27. The number of alkyl halides is 2. The van der Waals surface area contributed by atoms with E-state index in [1.165, 1.54) is 35.6 Å². The van der Waals surface area contributed by atoms with E-state index in [0.717, 1.165) is 10.6 Å². The van der Waals surface area contributed by atoms with Gasteiger partial charge in [0, 0.05) is 6.42 Å². The highest BCUT2D eigenvalue weighted by molar-refractivity contribution is 7.13. The smallest absolute Gasteiger partial charge is 0.387 e. The third-order valence-electron chi connectivity index (χ3n) is 4.25. The van der Waals surface area contributed by atoms with Gasteiger partial charge in [0.25, 0.3) is 5.91 Å². The molecule has 152 valence electrons. The Hall–Kier alpha value is -2.87. The molecule has 29 heavy (non-hydrogen) atoms. The molecular weight excluding hydrogens is 401 g/mol. The van der Waals surface area contributed by atoms with Crippen molar-refractivity contribution >= 4 is 17.2 Å². The van der Waals surface area contributed by atoms with Crippen LogP contribution in [-0.2, 0) is 6.42 Å². The molecule has 0 radical (unpaired) electrons. The lowest BCUT2D eigenvalue weighted by Crippen LogP contribution is -2.26. The van der Waals surface area contributed by atoms with Crippen molar-refractivity contribution in [2.45, 2.75) is 32.9 Å². The molecule has 0 aliphatic heterocycles. The number of hydrogen-bond acceptors (Lipinski definition) is 4. The second-order valence-corrected chi connectivity index (χ2v) is 7.56. The Labute approximate surface area is 170 Å². The second-order valence-electron chi connectivity index (χ2n) is 6.47. The second kappa shape index (κ2) is 9.09. The third kappa shape index (κ3) is 5.57. The topological polar surface area (TPSA) is 51.2 Å². The van der Waals surface area contributed by atoms with Crippen LogP contribution < -0.4 is 10.1 Å². The largest absolute Gasteiger partial charge is 0.435 e. The van der Waals surface area contributed by atoms with Gasteiger partial charge >= 0.3 is 6.61 Å². The zero-order chi connectivity index (χ0) is 21.0. The van der Waals surface area contributed by atoms with Crippen LogP contribution in [0.4, 0.5) is 13.2 Å². The van der Waals surface area contributed by atoms with Crippen LogP contribution in [0, 0.1) is 12.7 Å². The number of nitrogens with zero attached hydrogens (tertiary/aromatic N) is 1. The van der Waals surface area contributed by atoms with E-state index in [2.05, 4.69) is 15.0 Å². The Morgan fingerprint density at radius 3 is 2.62 bits per heavy atom. The van der Waals surface area contributed by atoms with Gasteiger partial charge < -0.3 is 10.1 Å². The number of halogens is 3. The van der Waals surface area contributed by atoms with Crippen LogP contribution in [0.5, 0.6) is 5.75 Å². The van der Waals surface area contributed by atoms with Crippen molar-refractivity contribution in [2.75, 3.05) is 0 Å². The molecule has 1 heterocycles. The first kappa shape index (κ1) is 20.9. The number of nitrogens with one attached hydrogen (secondary N) is 1. The molecular formula is C21H19F3N2O2S. The van der Waals surface area contributed by atoms with Gasteiger partial charge in [-0.2, -0.15) is 8.78 Å². The first-order chi connectivity index (χ1) is 13.8. The minimum atomic E-state index is -2.91. The van der Waals surface area contributed by atoms with Crippen molar-refractivity contribution < 1.29 is 22.7 Å². The SMILES string of the molecule is Cc1nc(Cc2ccc(F)cc2)sc1C(=O)NC(C)c1cccc(OC(F)F)c1. The number of rotatable bonds is 7. The van der Waals surface area contributed by atoms with Gasteiger partial charge in [-0.25, -0.2) is 9.37 Å². The maximum atomic E-state index is 13.0. The standard InChI is InChI=1S/C21H19F3N2O2S/c1-12(15-4-3-5-17(11-15)28-21(23)24)26-20(27)19-13(2)25-18(29-19)10-14-6-8-16(22)9-7-14/h3-9,11-12,21H,10H2,1-2H3,(H,26,27). The Bertz CT molecular complexity index is 990. The summed E-state index contributed by atoms with van der Waals surface area (Å²) in [5.41, 5.74) is 2.15. The van der Waals surface area contributed by atoms with Gasteiger partial charge in [-0.1, -0.05) is 24.3 Å². The molecule has 8 heteroatoms. The van der Waals surface area contributed by atoms with Crippen LogP contribution in [0.2, 0.25) is 0 Å². The van der Waals surface area contributed by atoms with Crippen LogP contribution >= 0.6 is 11.3 Å². The average Bonchev–Trinajstić information content (AvgIpc) is 3.03. The molecule has 2 aromatic carbocycles. The highest BCUT2D eigenvalue weighted by atomic mass is 32.1. The van der Waals surface area contributed by atoms with E-state index < -0.39 is 12.7 Å². The quantitative estimate of drug-likeness (QED) is 0.566. The first-order valence-electron chi connectivity index (χ1n) is 8.88. The first-order valence-corrected chi connectivity index (χ1v) is 9.70. The fourth-order valence-electron chi connectivity index (χ4n) is 2.82. The number of thiazole rings is 1. The monoisotopic (exact) mass is 420 g/mol. The summed E-state index contributed by atoms with van der Waals surface area (Å²) in [5.74, 6) is -0.562. The Morgan fingerprint density at radius 2 is 1.93 bits per heavy atom. The van der Waals surface area contributed by atoms with Crippen LogP contribution in [0.15, 0.2) is 48.5 Å². The molecule has 3 aromatic rings. The molecule has 0 aliphatic rings. The van der Waals surface area contributed by atoms with E-state index in [1.807, 2.05) is 0 Å². The molecule has 0 bridgehead atoms. The number of ether oxygens (including phenoxy) is 1. The van der Waals surface area contributed by atoms with E-state index in [-0.39, 0.29) is 17.5 Å². The van der Waals surface area contributed by atoms with Gasteiger partial charge in [0.05, 0.1) is 16.7 Å². The Kier molecular flexibility index (Phi) is 6.53. The van der Waals surface area contributed by atoms with Crippen molar-refractivity contribution in [3.8, 4) is 5.75 Å². The molecule has 1 unspecified atom stereocenters. The van der Waals surface area contributed by atoms with Crippen molar-refractivity contribution in [1.29, 1.82) is 0 Å². The molecule has 0 saturated heterocycles. The predicted octanol–water partition coefficient (Wildman–Crippen LogP) is 5.27. The van der Waals surface area contributed by atoms with Gasteiger partial charge in [0.1, 0.15) is 16.4 Å². The summed E-state index contributed by atoms with van der Waals surface area (Å²) in [4.78, 5) is 17.6. The summed E-state index contributed by atoms with van der Waals surface area (Å²) in [6.45, 7) is 0.603. The number of carbonyl (C=O) groups excluding carboxylic acids is 1. The minimum Gasteiger partial charge on any atom is -0.435 e. The Balaban J connectivity index is 1.69. The minimum absolute atomic E-state index is 0.0363. The lowest BCUT2D eigenvalue weighted by atomic mass is 10.1. The molecule has 0 spiro atoms. The maximum Gasteiger partial charge on any atom is 0.387 e. The summed E-state index contributed by atoms with van der Waals surface area (Å²) in [6, 6.07) is 11.9. The van der Waals surface area contributed by atoms with E-state index in [1.54, 1.807) is 38.1 Å². The molecule has 4 nitrogen and oxygen atoms in total. The molecule has 1 amide bonds. The van der Waals surface area contributed by atoms with Crippen LogP contribution in [0.25, 0.3) is 0 Å². The van der Waals surface area contributed by atoms with Gasteiger partial charge in [0.2, 0.25) is 0 Å². The predicted molar refractivity (Wildman–Crippen MR) is 105 cm³/mol. The van der Waals surface area contributed by atoms with Crippen molar-refractivity contribution in [3.05, 3.63) is 81.1 Å². The molecule has 1 aromatic heterocycles. The normalized spacial score (nSPS) is 12.1. The molecule has 1 N–H and O–H groups in total. The fraction of sp³-hybridized carbons (Fsp3) is 0.238. The number of aromatic nitrogens is 1. The van der Waals surface area contributed by atoms with Crippen LogP contribution in [0.3, 0.4) is 0 Å². The van der Waals surface area contributed by atoms with Crippen molar-refractivity contribution in [1.82, 2.24) is 10.3 Å². The zero-order valence-electron chi connectivity index (χ0n) is 15.8. The van der Waals surface area contributed by atoms with Gasteiger partial charge in [-0.15, -0.1) is 11.3 Å². The summed E-state index contributed by atoms with van der Waals surface area (Å²) in [6.07, 6.45) is 0.502. The lowest BCUT2D eigenvalue weighted by Gasteiger charge is -2.15. The average molecular weight is 420 g/mol. The fourth-order valence-corrected chi connectivity index (χ4v) is 3.82. The van der Waals surface area contributed by atoms with E-state index >= 15 is 0 Å². The number of benzene rings is 2. The molecule has 0 fully saturated rings. The van der Waals surface area contributed by atoms with Gasteiger partial charge in [-0.3, -0.25) is 4.79 Å². The molecule has 3 rings (SSSR count). The number of amides is 1. The van der Waals surface area contributed by atoms with E-state index in [9.17, 15) is 18.0 Å². The number of carbonyl (C=O) groups is 1. The van der Waals surface area contributed by atoms with Crippen LogP contribution in [-0.4, -0.2) is 17.5 Å². The van der Waals surface area contributed by atoms with Crippen molar-refractivity contribution in [2.24, 2.45) is 0 Å². The summed E-state index contributed by atoms with van der Waals surface area (Å²) in [7, 11) is 0. The van der Waals surface area contributed by atoms with Gasteiger partial charge in [-0.05, 0) is 49.2 Å².